The first-order valence-corrected chi connectivity index (χ1v) is 6.94. The van der Waals surface area contributed by atoms with Crippen LogP contribution >= 0.6 is 0 Å². The molecule has 2 aromatic rings. The Bertz CT molecular complexity index is 754. The lowest BCUT2D eigenvalue weighted by molar-refractivity contribution is -0.386. The zero-order chi connectivity index (χ0) is 17.1. The van der Waals surface area contributed by atoms with Crippen LogP contribution in [0, 0.1) is 30.9 Å². The Balaban J connectivity index is 2.18. The molecule has 1 aromatic carbocycles. The number of carbonyl (C=O) groups excluding carboxylic acids is 1. The van der Waals surface area contributed by atoms with Gasteiger partial charge in [-0.1, -0.05) is 11.2 Å². The van der Waals surface area contributed by atoms with Crippen LogP contribution in [0.4, 0.5) is 11.5 Å². The molecule has 122 valence electrons. The average Bonchev–Trinajstić information content (AvgIpc) is 2.86. The number of amides is 1. The summed E-state index contributed by atoms with van der Waals surface area (Å²) in [7, 11) is 0. The van der Waals surface area contributed by atoms with Crippen molar-refractivity contribution in [1.29, 1.82) is 0 Å². The molecule has 0 fully saturated rings. The van der Waals surface area contributed by atoms with E-state index in [1.54, 1.807) is 32.9 Å². The molecule has 0 aliphatic carbocycles. The molecule has 23 heavy (non-hydrogen) atoms. The molecule has 0 bridgehead atoms. The summed E-state index contributed by atoms with van der Waals surface area (Å²) in [6, 6.07) is 4.73. The van der Waals surface area contributed by atoms with Crippen LogP contribution in [0.3, 0.4) is 0 Å². The number of nitrogens with one attached hydrogen (secondary N) is 1. The van der Waals surface area contributed by atoms with E-state index in [0.29, 0.717) is 11.3 Å². The van der Waals surface area contributed by atoms with E-state index >= 15 is 0 Å². The van der Waals surface area contributed by atoms with E-state index in [-0.39, 0.29) is 17.3 Å². The van der Waals surface area contributed by atoms with Gasteiger partial charge in [-0.05, 0) is 38.8 Å². The summed E-state index contributed by atoms with van der Waals surface area (Å²) in [6.07, 6.45) is -0.938. The van der Waals surface area contributed by atoms with Gasteiger partial charge in [0.25, 0.3) is 5.91 Å². The number of nitro groups is 1. The van der Waals surface area contributed by atoms with Crippen molar-refractivity contribution in [2.24, 2.45) is 0 Å². The molecule has 0 spiro atoms. The Morgan fingerprint density at radius 2 is 2.04 bits per heavy atom. The highest BCUT2D eigenvalue weighted by molar-refractivity contribution is 5.93. The first-order chi connectivity index (χ1) is 10.8. The van der Waals surface area contributed by atoms with Gasteiger partial charge >= 0.3 is 5.69 Å². The maximum atomic E-state index is 12.1. The minimum Gasteiger partial charge on any atom is -0.473 e. The number of hydrogen-bond donors (Lipinski definition) is 1. The third-order valence-corrected chi connectivity index (χ3v) is 3.14. The van der Waals surface area contributed by atoms with Gasteiger partial charge in [-0.15, -0.1) is 0 Å². The van der Waals surface area contributed by atoms with Gasteiger partial charge in [-0.2, -0.15) is 0 Å². The lowest BCUT2D eigenvalue weighted by Gasteiger charge is -2.15. The molecule has 8 nitrogen and oxygen atoms in total. The summed E-state index contributed by atoms with van der Waals surface area (Å²) in [5.41, 5.74) is 1.17. The first kappa shape index (κ1) is 16.5. The van der Waals surface area contributed by atoms with Crippen molar-refractivity contribution in [1.82, 2.24) is 5.16 Å². The number of ether oxygens (including phenoxy) is 1. The molecular weight excluding hydrogens is 302 g/mol. The molecule has 8 heteroatoms. The highest BCUT2D eigenvalue weighted by Crippen LogP contribution is 2.32. The number of aromatic nitrogens is 1. The number of rotatable bonds is 5. The molecule has 2 rings (SSSR count). The second-order valence-electron chi connectivity index (χ2n) is 5.26. The predicted octanol–water partition coefficient (Wildman–Crippen LogP) is 2.91. The Kier molecular flexibility index (Phi) is 4.63. The maximum Gasteiger partial charge on any atom is 0.311 e. The fourth-order valence-electron chi connectivity index (χ4n) is 2.10. The molecule has 1 atom stereocenters. The van der Waals surface area contributed by atoms with E-state index in [1.807, 2.05) is 0 Å². The summed E-state index contributed by atoms with van der Waals surface area (Å²) in [4.78, 5) is 22.7. The number of carbonyl (C=O) groups is 1. The topological polar surface area (TPSA) is 108 Å². The molecule has 1 heterocycles. The predicted molar refractivity (Wildman–Crippen MR) is 82.5 cm³/mol. The zero-order valence-corrected chi connectivity index (χ0v) is 13.2. The standard InChI is InChI=1S/C15H17N3O5/c1-8-5-9(2)14(12(6-8)18(20)21)22-11(4)15(19)16-13-7-10(3)23-17-13/h5-7,11H,1-4H3,(H,16,17,19). The fraction of sp³-hybridized carbons (Fsp3) is 0.333. The number of nitro benzene ring substituents is 1. The summed E-state index contributed by atoms with van der Waals surface area (Å²) >= 11 is 0. The van der Waals surface area contributed by atoms with Gasteiger partial charge in [0.1, 0.15) is 5.76 Å². The molecule has 1 unspecified atom stereocenters. The second kappa shape index (κ2) is 6.47. The van der Waals surface area contributed by atoms with Crippen molar-refractivity contribution in [3.8, 4) is 5.75 Å². The summed E-state index contributed by atoms with van der Waals surface area (Å²) < 4.78 is 10.4. The van der Waals surface area contributed by atoms with Gasteiger partial charge < -0.3 is 14.6 Å². The molecular formula is C15H17N3O5. The minimum absolute atomic E-state index is 0.0829. The highest BCUT2D eigenvalue weighted by atomic mass is 16.6. The zero-order valence-electron chi connectivity index (χ0n) is 13.2. The average molecular weight is 319 g/mol. The van der Waals surface area contributed by atoms with E-state index in [2.05, 4.69) is 10.5 Å². The van der Waals surface area contributed by atoms with Crippen molar-refractivity contribution < 1.29 is 19.0 Å². The number of aryl methyl sites for hydroxylation is 3. The molecule has 0 saturated heterocycles. The van der Waals surface area contributed by atoms with E-state index in [0.717, 1.165) is 5.56 Å². The Morgan fingerprint density at radius 1 is 1.35 bits per heavy atom. The molecule has 0 aliphatic rings. The van der Waals surface area contributed by atoms with Crippen LogP contribution in [0.15, 0.2) is 22.7 Å². The van der Waals surface area contributed by atoms with Gasteiger partial charge in [0.15, 0.2) is 11.9 Å². The van der Waals surface area contributed by atoms with Crippen molar-refractivity contribution in [2.75, 3.05) is 5.32 Å². The Hall–Kier alpha value is -2.90. The molecule has 1 N–H and O–H groups in total. The number of hydrogen-bond acceptors (Lipinski definition) is 6. The number of anilines is 1. The van der Waals surface area contributed by atoms with Crippen LogP contribution in [-0.4, -0.2) is 22.1 Å². The van der Waals surface area contributed by atoms with Crippen molar-refractivity contribution in [3.05, 3.63) is 45.2 Å². The maximum absolute atomic E-state index is 12.1. The number of benzene rings is 1. The fourth-order valence-corrected chi connectivity index (χ4v) is 2.10. The third-order valence-electron chi connectivity index (χ3n) is 3.14. The smallest absolute Gasteiger partial charge is 0.311 e. The molecule has 1 amide bonds. The largest absolute Gasteiger partial charge is 0.473 e. The minimum atomic E-state index is -0.938. The first-order valence-electron chi connectivity index (χ1n) is 6.94. The molecule has 0 aliphatic heterocycles. The lowest BCUT2D eigenvalue weighted by Crippen LogP contribution is -2.30. The van der Waals surface area contributed by atoms with Gasteiger partial charge in [-0.3, -0.25) is 14.9 Å². The van der Waals surface area contributed by atoms with Gasteiger partial charge in [0.2, 0.25) is 5.75 Å². The highest BCUT2D eigenvalue weighted by Gasteiger charge is 2.24. The summed E-state index contributed by atoms with van der Waals surface area (Å²) in [5.74, 6) is 0.420. The van der Waals surface area contributed by atoms with E-state index in [1.165, 1.54) is 13.0 Å². The summed E-state index contributed by atoms with van der Waals surface area (Å²) in [6.45, 7) is 6.65. The SMILES string of the molecule is Cc1cc(C)c(OC(C)C(=O)Nc2cc(C)on2)c([N+](=O)[O-])c1. The van der Waals surface area contributed by atoms with Crippen LogP contribution < -0.4 is 10.1 Å². The van der Waals surface area contributed by atoms with E-state index < -0.39 is 16.9 Å². The van der Waals surface area contributed by atoms with Crippen molar-refractivity contribution in [2.45, 2.75) is 33.8 Å². The molecule has 0 saturated carbocycles. The van der Waals surface area contributed by atoms with Gasteiger partial charge in [0.05, 0.1) is 4.92 Å². The second-order valence-corrected chi connectivity index (χ2v) is 5.26. The van der Waals surface area contributed by atoms with E-state index in [4.69, 9.17) is 9.26 Å². The van der Waals surface area contributed by atoms with Crippen molar-refractivity contribution in [3.63, 3.8) is 0 Å². The van der Waals surface area contributed by atoms with Crippen molar-refractivity contribution >= 4 is 17.4 Å². The normalized spacial score (nSPS) is 11.8. The van der Waals surface area contributed by atoms with E-state index in [9.17, 15) is 14.9 Å². The van der Waals surface area contributed by atoms with Crippen LogP contribution in [0.5, 0.6) is 5.75 Å². The van der Waals surface area contributed by atoms with Gasteiger partial charge in [0, 0.05) is 12.1 Å². The summed E-state index contributed by atoms with van der Waals surface area (Å²) in [5, 5.41) is 17.3. The Labute approximate surface area is 132 Å². The lowest BCUT2D eigenvalue weighted by atomic mass is 10.1. The van der Waals surface area contributed by atoms with Crippen LogP contribution in [0.25, 0.3) is 0 Å². The third kappa shape index (κ3) is 3.85. The van der Waals surface area contributed by atoms with Crippen LogP contribution in [0.1, 0.15) is 23.8 Å². The molecule has 0 radical (unpaired) electrons. The quantitative estimate of drug-likeness (QED) is 0.670. The monoisotopic (exact) mass is 319 g/mol. The van der Waals surface area contributed by atoms with Crippen LogP contribution in [-0.2, 0) is 4.79 Å². The van der Waals surface area contributed by atoms with Gasteiger partial charge in [-0.25, -0.2) is 0 Å². The Morgan fingerprint density at radius 3 is 2.61 bits per heavy atom. The molecule has 1 aromatic heterocycles. The number of nitrogens with zero attached hydrogens (tertiary/aromatic N) is 2. The van der Waals surface area contributed by atoms with Crippen LogP contribution in [0.2, 0.25) is 0 Å².